The quantitative estimate of drug-likeness (QED) is 0.554. The summed E-state index contributed by atoms with van der Waals surface area (Å²) in [7, 11) is 0.622. The molecule has 22 heavy (non-hydrogen) atoms. The van der Waals surface area contributed by atoms with Gasteiger partial charge in [-0.15, -0.1) is 0 Å². The van der Waals surface area contributed by atoms with Gasteiger partial charge in [0.2, 0.25) is 5.56 Å². The summed E-state index contributed by atoms with van der Waals surface area (Å²) in [6, 6.07) is 0.627. The van der Waals surface area contributed by atoms with E-state index in [-0.39, 0.29) is 5.01 Å². The van der Waals surface area contributed by atoms with E-state index in [0.29, 0.717) is 19.2 Å². The Morgan fingerprint density at radius 1 is 0.909 bits per heavy atom. The molecule has 0 heterocycles. The van der Waals surface area contributed by atoms with Crippen LogP contribution >= 0.6 is 0 Å². The lowest BCUT2D eigenvalue weighted by molar-refractivity contribution is -0.625. The Labute approximate surface area is 119 Å². The lowest BCUT2D eigenvalue weighted by Crippen LogP contribution is -2.33. The maximum Gasteiger partial charge on any atom is 0.327 e. The van der Waals surface area contributed by atoms with Crippen molar-refractivity contribution < 1.29 is 24.6 Å². The highest BCUT2D eigenvalue weighted by Gasteiger charge is 2.39. The second-order valence-electron chi connectivity index (χ2n) is 3.70. The van der Waals surface area contributed by atoms with Crippen LogP contribution in [0.25, 0.3) is 0 Å². The molecule has 0 saturated heterocycles. The first-order valence-corrected chi connectivity index (χ1v) is 5.11. The average Bonchev–Trinajstić information content (AvgIpc) is 2.43. The molecule has 0 atom stereocenters. The summed E-state index contributed by atoms with van der Waals surface area (Å²) in [6.07, 6.45) is 0. The van der Waals surface area contributed by atoms with Crippen LogP contribution in [0.5, 0.6) is 0 Å². The summed E-state index contributed by atoms with van der Waals surface area (Å²) < 4.78 is 0. The molecule has 0 radical (unpaired) electrons. The smallest absolute Gasteiger partial charge is 0.262 e. The van der Waals surface area contributed by atoms with Gasteiger partial charge in [-0.3, -0.25) is 35.1 Å². The molecule has 0 aromatic heterocycles. The maximum atomic E-state index is 11.8. The predicted octanol–water partition coefficient (Wildman–Crippen LogP) is 0.675. The summed E-state index contributed by atoms with van der Waals surface area (Å²) in [5, 5.41) is 41.5. The molecule has 0 saturated carbocycles. The predicted molar refractivity (Wildman–Crippen MR) is 65.5 cm³/mol. The number of nitrogens with zero attached hydrogens (tertiary/aromatic N) is 5. The van der Waals surface area contributed by atoms with Gasteiger partial charge in [-0.2, -0.15) is 0 Å². The van der Waals surface area contributed by atoms with Gasteiger partial charge < -0.3 is 0 Å². The minimum Gasteiger partial charge on any atom is -0.262 e. The van der Waals surface area contributed by atoms with Crippen LogP contribution in [0.1, 0.15) is 10.4 Å². The molecule has 14 heteroatoms. The lowest BCUT2D eigenvalue weighted by atomic mass is 10.1. The summed E-state index contributed by atoms with van der Waals surface area (Å²) in [5.74, 6) is -1.65. The Bertz CT molecular complexity index is 679. The van der Waals surface area contributed by atoms with Crippen LogP contribution in [-0.2, 0) is 0 Å². The lowest BCUT2D eigenvalue weighted by Gasteiger charge is -2.07. The first-order valence-electron chi connectivity index (χ1n) is 5.11. The van der Waals surface area contributed by atoms with E-state index in [1.165, 1.54) is 0 Å². The van der Waals surface area contributed by atoms with E-state index < -0.39 is 48.3 Å². The molecule has 116 valence electrons. The summed E-state index contributed by atoms with van der Waals surface area (Å²) in [4.78, 5) is 51.1. The Kier molecular flexibility index (Phi) is 4.26. The molecule has 0 N–H and O–H groups in total. The fraction of sp³-hybridized carbons (Fsp3) is 0.125. The van der Waals surface area contributed by atoms with E-state index in [1.54, 1.807) is 0 Å². The first kappa shape index (κ1) is 16.3. The monoisotopic (exact) mass is 315 g/mol. The van der Waals surface area contributed by atoms with E-state index in [1.807, 2.05) is 0 Å². The van der Waals surface area contributed by atoms with Gasteiger partial charge >= 0.3 is 5.91 Å². The van der Waals surface area contributed by atoms with Crippen molar-refractivity contribution in [1.29, 1.82) is 0 Å². The largest absolute Gasteiger partial charge is 0.327 e. The number of amides is 1. The number of carbonyl (C=O) groups excluding carboxylic acids is 1. The Morgan fingerprint density at radius 2 is 1.32 bits per heavy atom. The van der Waals surface area contributed by atoms with Crippen LogP contribution in [0.15, 0.2) is 12.1 Å². The SMILES string of the molecule is CN(C(=O)c1c([N+](=O)[O-])cc([N+](=O)[O-])cc1[N+](=O)[O-])[N+](=O)[O-]. The van der Waals surface area contributed by atoms with E-state index in [4.69, 9.17) is 0 Å². The first-order chi connectivity index (χ1) is 10.1. The molecule has 0 unspecified atom stereocenters. The zero-order valence-electron chi connectivity index (χ0n) is 10.6. The summed E-state index contributed by atoms with van der Waals surface area (Å²) in [5.41, 5.74) is -4.78. The Hall–Kier alpha value is -3.71. The van der Waals surface area contributed by atoms with Crippen LogP contribution in [0.2, 0.25) is 0 Å². The van der Waals surface area contributed by atoms with Crippen molar-refractivity contribution in [2.45, 2.75) is 0 Å². The molecule has 0 aliphatic rings. The van der Waals surface area contributed by atoms with Gasteiger partial charge in [-0.05, 0) is 0 Å². The number of hydrogen-bond acceptors (Lipinski definition) is 9. The second kappa shape index (κ2) is 5.73. The molecule has 0 aliphatic carbocycles. The highest BCUT2D eigenvalue weighted by Crippen LogP contribution is 2.34. The molecule has 1 rings (SSSR count). The fourth-order valence-corrected chi connectivity index (χ4v) is 1.45. The van der Waals surface area contributed by atoms with E-state index in [2.05, 4.69) is 0 Å². The van der Waals surface area contributed by atoms with Crippen molar-refractivity contribution in [2.75, 3.05) is 7.05 Å². The fourth-order valence-electron chi connectivity index (χ4n) is 1.45. The van der Waals surface area contributed by atoms with Gasteiger partial charge in [0, 0.05) is 0 Å². The van der Waals surface area contributed by atoms with Crippen molar-refractivity contribution >= 4 is 23.0 Å². The molecule has 1 aromatic carbocycles. The number of non-ortho nitro benzene ring substituents is 1. The third-order valence-corrected chi connectivity index (χ3v) is 2.44. The highest BCUT2D eigenvalue weighted by atomic mass is 16.7. The Balaban J connectivity index is 3.76. The van der Waals surface area contributed by atoms with Gasteiger partial charge in [-0.25, -0.2) is 10.1 Å². The number of nitro benzene ring substituents is 3. The third-order valence-electron chi connectivity index (χ3n) is 2.44. The molecular formula is C8H5N5O9. The topological polar surface area (TPSA) is 193 Å². The zero-order valence-corrected chi connectivity index (χ0v) is 10.6. The zero-order chi connectivity index (χ0) is 17.2. The molecule has 0 fully saturated rings. The van der Waals surface area contributed by atoms with E-state index >= 15 is 0 Å². The van der Waals surface area contributed by atoms with E-state index in [0.717, 1.165) is 0 Å². The van der Waals surface area contributed by atoms with Crippen molar-refractivity contribution in [3.05, 3.63) is 58.2 Å². The second-order valence-corrected chi connectivity index (χ2v) is 3.70. The van der Waals surface area contributed by atoms with Crippen LogP contribution in [0.3, 0.4) is 0 Å². The highest BCUT2D eigenvalue weighted by molar-refractivity contribution is 6.02. The molecule has 14 nitrogen and oxygen atoms in total. The number of rotatable bonds is 5. The molecule has 1 amide bonds. The van der Waals surface area contributed by atoms with Gasteiger partial charge in [0.15, 0.2) is 5.03 Å². The molecule has 0 bridgehead atoms. The van der Waals surface area contributed by atoms with Crippen molar-refractivity contribution in [3.8, 4) is 0 Å². The number of benzene rings is 1. The van der Waals surface area contributed by atoms with Crippen molar-refractivity contribution in [1.82, 2.24) is 5.01 Å². The van der Waals surface area contributed by atoms with Gasteiger partial charge in [0.05, 0.1) is 34.0 Å². The van der Waals surface area contributed by atoms with Crippen LogP contribution in [-0.4, -0.2) is 37.8 Å². The van der Waals surface area contributed by atoms with E-state index in [9.17, 15) is 45.3 Å². The minimum absolute atomic E-state index is 0.207. The molecule has 0 spiro atoms. The number of hydrazine groups is 1. The van der Waals surface area contributed by atoms with Gasteiger partial charge in [0.1, 0.15) is 0 Å². The number of hydrogen-bond donors (Lipinski definition) is 0. The van der Waals surface area contributed by atoms with Crippen LogP contribution < -0.4 is 0 Å². The molecule has 0 aliphatic heterocycles. The number of nitro groups is 4. The summed E-state index contributed by atoms with van der Waals surface area (Å²) in [6.45, 7) is 0. The van der Waals surface area contributed by atoms with Crippen molar-refractivity contribution in [2.24, 2.45) is 0 Å². The average molecular weight is 315 g/mol. The number of carbonyl (C=O) groups is 1. The maximum absolute atomic E-state index is 11.8. The minimum atomic E-state index is -1.65. The van der Waals surface area contributed by atoms with Gasteiger partial charge in [-0.1, -0.05) is 5.01 Å². The van der Waals surface area contributed by atoms with Gasteiger partial charge in [0.25, 0.3) is 17.1 Å². The van der Waals surface area contributed by atoms with Crippen LogP contribution in [0, 0.1) is 40.5 Å². The normalized spacial score (nSPS) is 9.86. The molecule has 1 aromatic rings. The van der Waals surface area contributed by atoms with Crippen LogP contribution in [0.4, 0.5) is 17.1 Å². The standard InChI is InChI=1S/C8H5N5O9/c1-9(13(21)22)8(14)7-5(11(17)18)2-4(10(15)16)3-6(7)12(19)20/h2-3H,1H3. The van der Waals surface area contributed by atoms with Crippen molar-refractivity contribution in [3.63, 3.8) is 0 Å². The third kappa shape index (κ3) is 2.89. The Morgan fingerprint density at radius 3 is 1.59 bits per heavy atom. The molecular weight excluding hydrogens is 310 g/mol. The summed E-state index contributed by atoms with van der Waals surface area (Å²) >= 11 is 0.